The maximum atomic E-state index is 12.3. The molecule has 2 aromatic rings. The first-order valence-corrected chi connectivity index (χ1v) is 8.56. The van der Waals surface area contributed by atoms with Gasteiger partial charge in [0.25, 0.3) is 5.91 Å². The minimum atomic E-state index is -0.924. The molecule has 4 rings (SSSR count). The molecule has 2 aromatic carbocycles. The lowest BCUT2D eigenvalue weighted by Crippen LogP contribution is -2.41. The van der Waals surface area contributed by atoms with Crippen LogP contribution >= 0.6 is 0 Å². The van der Waals surface area contributed by atoms with Crippen LogP contribution in [0.2, 0.25) is 0 Å². The Balaban J connectivity index is 1.40. The van der Waals surface area contributed by atoms with Crippen molar-refractivity contribution in [2.45, 2.75) is 25.0 Å². The van der Waals surface area contributed by atoms with E-state index in [9.17, 15) is 14.7 Å². The van der Waals surface area contributed by atoms with Crippen LogP contribution in [-0.2, 0) is 4.79 Å². The van der Waals surface area contributed by atoms with Gasteiger partial charge in [0.2, 0.25) is 0 Å². The van der Waals surface area contributed by atoms with Crippen LogP contribution in [0.1, 0.15) is 12.8 Å². The zero-order valence-corrected chi connectivity index (χ0v) is 13.8. The van der Waals surface area contributed by atoms with E-state index in [-0.39, 0.29) is 31.1 Å². The number of urea groups is 1. The number of imide groups is 1. The van der Waals surface area contributed by atoms with Crippen LogP contribution in [0.3, 0.4) is 0 Å². The SMILES string of the molecule is O=C1[C@@H]2CCCN2C(=O)N1C[C@H](O)COc1cccc2ccccc12. The molecule has 2 atom stereocenters. The maximum Gasteiger partial charge on any atom is 0.327 e. The Labute approximate surface area is 145 Å². The van der Waals surface area contributed by atoms with Crippen LogP contribution in [0.15, 0.2) is 42.5 Å². The van der Waals surface area contributed by atoms with Gasteiger partial charge in [-0.3, -0.25) is 9.69 Å². The molecule has 2 aliphatic heterocycles. The number of amides is 3. The van der Waals surface area contributed by atoms with E-state index in [0.717, 1.165) is 22.1 Å². The summed E-state index contributed by atoms with van der Waals surface area (Å²) in [5.41, 5.74) is 0. The fourth-order valence-electron chi connectivity index (χ4n) is 3.62. The number of benzene rings is 2. The molecule has 0 bridgehead atoms. The Bertz CT molecular complexity index is 795. The summed E-state index contributed by atoms with van der Waals surface area (Å²) in [5, 5.41) is 12.3. The van der Waals surface area contributed by atoms with Gasteiger partial charge in [0.1, 0.15) is 24.5 Å². The van der Waals surface area contributed by atoms with Gasteiger partial charge in [0.05, 0.1) is 6.54 Å². The molecule has 130 valence electrons. The van der Waals surface area contributed by atoms with Crippen molar-refractivity contribution in [3.63, 3.8) is 0 Å². The van der Waals surface area contributed by atoms with E-state index >= 15 is 0 Å². The Kier molecular flexibility index (Phi) is 4.05. The van der Waals surface area contributed by atoms with Crippen LogP contribution in [0, 0.1) is 0 Å². The van der Waals surface area contributed by atoms with Gasteiger partial charge >= 0.3 is 6.03 Å². The van der Waals surface area contributed by atoms with Gasteiger partial charge in [-0.1, -0.05) is 36.4 Å². The summed E-state index contributed by atoms with van der Waals surface area (Å²) < 4.78 is 5.74. The number of ether oxygens (including phenoxy) is 1. The molecule has 0 spiro atoms. The number of nitrogens with zero attached hydrogens (tertiary/aromatic N) is 2. The predicted octanol–water partition coefficient (Wildman–Crippen LogP) is 2.01. The van der Waals surface area contributed by atoms with Gasteiger partial charge in [-0.2, -0.15) is 0 Å². The number of hydrogen-bond acceptors (Lipinski definition) is 4. The van der Waals surface area contributed by atoms with E-state index in [1.807, 2.05) is 42.5 Å². The highest BCUT2D eigenvalue weighted by Crippen LogP contribution is 2.28. The Morgan fingerprint density at radius 1 is 1.16 bits per heavy atom. The number of carbonyl (C=O) groups is 2. The largest absolute Gasteiger partial charge is 0.490 e. The zero-order chi connectivity index (χ0) is 17.4. The number of β-amino-alcohol motifs (C(OH)–C–C–N with tert-alkyl or cyclic N) is 1. The maximum absolute atomic E-state index is 12.3. The molecule has 0 radical (unpaired) electrons. The van der Waals surface area contributed by atoms with Crippen LogP contribution in [0.4, 0.5) is 4.79 Å². The third kappa shape index (κ3) is 2.82. The van der Waals surface area contributed by atoms with Crippen molar-refractivity contribution in [3.05, 3.63) is 42.5 Å². The number of aliphatic hydroxyl groups excluding tert-OH is 1. The van der Waals surface area contributed by atoms with Crippen molar-refractivity contribution >= 4 is 22.7 Å². The molecule has 3 amide bonds. The molecule has 2 aliphatic rings. The topological polar surface area (TPSA) is 70.1 Å². The van der Waals surface area contributed by atoms with E-state index in [1.54, 1.807) is 4.90 Å². The Morgan fingerprint density at radius 3 is 2.80 bits per heavy atom. The molecule has 6 heteroatoms. The standard InChI is InChI=1S/C19H20N2O4/c22-14(11-21-18(23)16-8-4-10-20(16)19(21)24)12-25-17-9-3-6-13-5-1-2-7-15(13)17/h1-3,5-7,9,14,16,22H,4,8,10-12H2/t14-,16-/m0/s1. The van der Waals surface area contributed by atoms with Crippen molar-refractivity contribution in [2.24, 2.45) is 0 Å². The van der Waals surface area contributed by atoms with E-state index in [0.29, 0.717) is 18.7 Å². The van der Waals surface area contributed by atoms with Crippen LogP contribution < -0.4 is 4.74 Å². The molecule has 0 aromatic heterocycles. The quantitative estimate of drug-likeness (QED) is 0.845. The average molecular weight is 340 g/mol. The summed E-state index contributed by atoms with van der Waals surface area (Å²) in [5.74, 6) is 0.476. The van der Waals surface area contributed by atoms with Gasteiger partial charge < -0.3 is 14.7 Å². The predicted molar refractivity (Wildman–Crippen MR) is 92.3 cm³/mol. The Morgan fingerprint density at radius 2 is 1.96 bits per heavy atom. The smallest absolute Gasteiger partial charge is 0.327 e. The summed E-state index contributed by atoms with van der Waals surface area (Å²) in [6.07, 6.45) is 0.652. The van der Waals surface area contributed by atoms with Crippen molar-refractivity contribution in [2.75, 3.05) is 19.7 Å². The third-order valence-electron chi connectivity index (χ3n) is 4.85. The first-order valence-electron chi connectivity index (χ1n) is 8.56. The number of hydrogen-bond donors (Lipinski definition) is 1. The normalized spacial score (nSPS) is 21.1. The molecule has 2 saturated heterocycles. The first kappa shape index (κ1) is 15.9. The van der Waals surface area contributed by atoms with Gasteiger partial charge in [-0.15, -0.1) is 0 Å². The second-order valence-corrected chi connectivity index (χ2v) is 6.52. The second kappa shape index (κ2) is 6.37. The van der Waals surface area contributed by atoms with Crippen LogP contribution in [0.25, 0.3) is 10.8 Å². The number of aliphatic hydroxyl groups is 1. The minimum absolute atomic E-state index is 0.0235. The summed E-state index contributed by atoms with van der Waals surface area (Å²) in [7, 11) is 0. The van der Waals surface area contributed by atoms with Crippen molar-refractivity contribution in [1.82, 2.24) is 9.80 Å². The summed E-state index contributed by atoms with van der Waals surface area (Å²) in [4.78, 5) is 27.3. The highest BCUT2D eigenvalue weighted by atomic mass is 16.5. The molecule has 2 fully saturated rings. The lowest BCUT2D eigenvalue weighted by Gasteiger charge is -2.20. The lowest BCUT2D eigenvalue weighted by molar-refractivity contribution is -0.129. The van der Waals surface area contributed by atoms with E-state index in [2.05, 4.69) is 0 Å². The molecule has 25 heavy (non-hydrogen) atoms. The molecule has 2 heterocycles. The first-order chi connectivity index (χ1) is 12.1. The van der Waals surface area contributed by atoms with Gasteiger partial charge in [-0.05, 0) is 24.3 Å². The number of rotatable bonds is 5. The summed E-state index contributed by atoms with van der Waals surface area (Å²) in [6, 6.07) is 12.9. The van der Waals surface area contributed by atoms with Crippen LogP contribution in [0.5, 0.6) is 5.75 Å². The highest BCUT2D eigenvalue weighted by molar-refractivity contribution is 6.04. The van der Waals surface area contributed by atoms with Crippen molar-refractivity contribution < 1.29 is 19.4 Å². The van der Waals surface area contributed by atoms with Gasteiger partial charge in [0.15, 0.2) is 0 Å². The van der Waals surface area contributed by atoms with Crippen LogP contribution in [-0.4, -0.2) is 58.7 Å². The number of fused-ring (bicyclic) bond motifs is 2. The summed E-state index contributed by atoms with van der Waals surface area (Å²) in [6.45, 7) is 0.611. The van der Waals surface area contributed by atoms with E-state index in [4.69, 9.17) is 4.74 Å². The fourth-order valence-corrected chi connectivity index (χ4v) is 3.62. The van der Waals surface area contributed by atoms with E-state index in [1.165, 1.54) is 0 Å². The molecule has 6 nitrogen and oxygen atoms in total. The Hall–Kier alpha value is -2.60. The zero-order valence-electron chi connectivity index (χ0n) is 13.8. The molecular formula is C19H20N2O4. The second-order valence-electron chi connectivity index (χ2n) is 6.52. The molecule has 0 unspecified atom stereocenters. The highest BCUT2D eigenvalue weighted by Gasteiger charge is 2.47. The van der Waals surface area contributed by atoms with Crippen molar-refractivity contribution in [1.29, 1.82) is 0 Å². The minimum Gasteiger partial charge on any atom is -0.490 e. The fraction of sp³-hybridized carbons (Fsp3) is 0.368. The molecule has 0 aliphatic carbocycles. The monoisotopic (exact) mass is 340 g/mol. The van der Waals surface area contributed by atoms with Gasteiger partial charge in [0, 0.05) is 11.9 Å². The van der Waals surface area contributed by atoms with Crippen molar-refractivity contribution in [3.8, 4) is 5.75 Å². The third-order valence-corrected chi connectivity index (χ3v) is 4.85. The lowest BCUT2D eigenvalue weighted by atomic mass is 10.1. The molecular weight excluding hydrogens is 320 g/mol. The van der Waals surface area contributed by atoms with E-state index < -0.39 is 6.10 Å². The average Bonchev–Trinajstić information content (AvgIpc) is 3.20. The number of carbonyl (C=O) groups excluding carboxylic acids is 2. The molecule has 1 N–H and O–H groups in total. The van der Waals surface area contributed by atoms with Gasteiger partial charge in [-0.25, -0.2) is 4.79 Å². The molecule has 0 saturated carbocycles. The summed E-state index contributed by atoms with van der Waals surface area (Å²) >= 11 is 0.